The smallest absolute Gasteiger partial charge is 0.221 e. The molecule has 0 aliphatic carbocycles. The Morgan fingerprint density at radius 1 is 1.20 bits per heavy atom. The molecule has 104 valence electrons. The molecule has 0 saturated heterocycles. The van der Waals surface area contributed by atoms with Crippen molar-refractivity contribution in [3.63, 3.8) is 0 Å². The van der Waals surface area contributed by atoms with Crippen LogP contribution in [0.15, 0.2) is 46.9 Å². The predicted molar refractivity (Wildman–Crippen MR) is 85.8 cm³/mol. The van der Waals surface area contributed by atoms with Crippen LogP contribution in [0.25, 0.3) is 0 Å². The summed E-state index contributed by atoms with van der Waals surface area (Å²) in [5.74, 6) is -0.325. The summed E-state index contributed by atoms with van der Waals surface area (Å²) in [6.45, 7) is 0.663. The van der Waals surface area contributed by atoms with Crippen LogP contribution in [-0.4, -0.2) is 5.91 Å². The lowest BCUT2D eigenvalue weighted by atomic mass is 10.1. The van der Waals surface area contributed by atoms with Gasteiger partial charge in [0.05, 0.1) is 6.42 Å². The summed E-state index contributed by atoms with van der Waals surface area (Å²) in [7, 11) is 0. The van der Waals surface area contributed by atoms with Crippen LogP contribution in [0.1, 0.15) is 11.1 Å². The van der Waals surface area contributed by atoms with E-state index in [1.54, 1.807) is 0 Å². The highest BCUT2D eigenvalue weighted by Crippen LogP contribution is 2.22. The molecular weight excluding hydrogens is 340 g/mol. The molecule has 20 heavy (non-hydrogen) atoms. The number of carbonyl (C=O) groups is 1. The van der Waals surface area contributed by atoms with Crippen molar-refractivity contribution < 1.29 is 4.79 Å². The number of hydrogen-bond donors (Lipinski definition) is 2. The molecular formula is C15H14BrClN2O. The monoisotopic (exact) mass is 352 g/mol. The van der Waals surface area contributed by atoms with E-state index in [1.165, 1.54) is 0 Å². The molecule has 3 nitrogen and oxygen atoms in total. The molecule has 0 spiro atoms. The molecule has 2 rings (SSSR count). The lowest BCUT2D eigenvalue weighted by Crippen LogP contribution is -2.13. The summed E-state index contributed by atoms with van der Waals surface area (Å²) >= 11 is 9.47. The second kappa shape index (κ2) is 6.77. The van der Waals surface area contributed by atoms with Gasteiger partial charge in [-0.15, -0.1) is 0 Å². The largest absolute Gasteiger partial charge is 0.381 e. The van der Waals surface area contributed by atoms with Crippen molar-refractivity contribution >= 4 is 39.1 Å². The highest BCUT2D eigenvalue weighted by Gasteiger charge is 2.02. The SMILES string of the molecule is NC(=O)Cc1ccc(NCc2cc(Cl)ccc2Br)cc1. The Hall–Kier alpha value is -1.52. The average molecular weight is 354 g/mol. The Balaban J connectivity index is 2.00. The van der Waals surface area contributed by atoms with Gasteiger partial charge in [0.15, 0.2) is 0 Å². The molecule has 0 aliphatic heterocycles. The van der Waals surface area contributed by atoms with E-state index in [4.69, 9.17) is 17.3 Å². The first kappa shape index (κ1) is 14.9. The lowest BCUT2D eigenvalue weighted by molar-refractivity contribution is -0.117. The van der Waals surface area contributed by atoms with Gasteiger partial charge in [0.1, 0.15) is 0 Å². The second-order valence-corrected chi connectivity index (χ2v) is 5.72. The van der Waals surface area contributed by atoms with Crippen LogP contribution < -0.4 is 11.1 Å². The van der Waals surface area contributed by atoms with E-state index in [0.717, 1.165) is 21.3 Å². The fraction of sp³-hybridized carbons (Fsp3) is 0.133. The molecule has 0 radical (unpaired) electrons. The Morgan fingerprint density at radius 3 is 2.55 bits per heavy atom. The van der Waals surface area contributed by atoms with E-state index in [-0.39, 0.29) is 12.3 Å². The summed E-state index contributed by atoms with van der Waals surface area (Å²) in [4.78, 5) is 10.8. The highest BCUT2D eigenvalue weighted by molar-refractivity contribution is 9.10. The van der Waals surface area contributed by atoms with Gasteiger partial charge in [-0.3, -0.25) is 4.79 Å². The van der Waals surface area contributed by atoms with Crippen molar-refractivity contribution in [2.45, 2.75) is 13.0 Å². The summed E-state index contributed by atoms with van der Waals surface area (Å²) < 4.78 is 1.01. The van der Waals surface area contributed by atoms with Crippen molar-refractivity contribution in [1.82, 2.24) is 0 Å². The van der Waals surface area contributed by atoms with Gasteiger partial charge in [0, 0.05) is 21.7 Å². The van der Waals surface area contributed by atoms with Gasteiger partial charge in [0.25, 0.3) is 0 Å². The van der Waals surface area contributed by atoms with E-state index in [1.807, 2.05) is 42.5 Å². The van der Waals surface area contributed by atoms with Crippen LogP contribution in [-0.2, 0) is 17.8 Å². The van der Waals surface area contributed by atoms with Gasteiger partial charge in [-0.2, -0.15) is 0 Å². The van der Waals surface area contributed by atoms with E-state index in [9.17, 15) is 4.79 Å². The Labute approximate surface area is 131 Å². The molecule has 2 aromatic rings. The second-order valence-electron chi connectivity index (χ2n) is 4.43. The predicted octanol–water partition coefficient (Wildman–Crippen LogP) is 3.74. The fourth-order valence-corrected chi connectivity index (χ4v) is 2.40. The average Bonchev–Trinajstić information content (AvgIpc) is 2.41. The summed E-state index contributed by atoms with van der Waals surface area (Å²) in [6, 6.07) is 13.3. The Kier molecular flexibility index (Phi) is 5.04. The van der Waals surface area contributed by atoms with Crippen LogP contribution in [0.3, 0.4) is 0 Å². The maximum atomic E-state index is 10.8. The standard InChI is InChI=1S/C15H14BrClN2O/c16-14-6-3-12(17)8-11(14)9-19-13-4-1-10(2-5-13)7-15(18)20/h1-6,8,19H,7,9H2,(H2,18,20). The number of benzene rings is 2. The van der Waals surface area contributed by atoms with E-state index in [0.29, 0.717) is 11.6 Å². The van der Waals surface area contributed by atoms with E-state index < -0.39 is 0 Å². The maximum Gasteiger partial charge on any atom is 0.221 e. The summed E-state index contributed by atoms with van der Waals surface area (Å²) in [5, 5.41) is 4.01. The minimum Gasteiger partial charge on any atom is -0.381 e. The third kappa shape index (κ3) is 4.25. The van der Waals surface area contributed by atoms with Crippen LogP contribution in [0.2, 0.25) is 5.02 Å². The number of rotatable bonds is 5. The number of nitrogens with two attached hydrogens (primary N) is 1. The minimum absolute atomic E-state index is 0.264. The molecule has 3 N–H and O–H groups in total. The molecule has 1 amide bonds. The Morgan fingerprint density at radius 2 is 1.90 bits per heavy atom. The molecule has 0 bridgehead atoms. The first-order valence-electron chi connectivity index (χ1n) is 6.09. The van der Waals surface area contributed by atoms with Crippen LogP contribution in [0.5, 0.6) is 0 Å². The van der Waals surface area contributed by atoms with Crippen LogP contribution in [0, 0.1) is 0 Å². The van der Waals surface area contributed by atoms with Crippen molar-refractivity contribution in [3.8, 4) is 0 Å². The first-order chi connectivity index (χ1) is 9.54. The normalized spacial score (nSPS) is 10.3. The van der Waals surface area contributed by atoms with E-state index in [2.05, 4.69) is 21.2 Å². The van der Waals surface area contributed by atoms with Crippen LogP contribution >= 0.6 is 27.5 Å². The molecule has 0 heterocycles. The van der Waals surface area contributed by atoms with Gasteiger partial charge in [-0.25, -0.2) is 0 Å². The number of primary amides is 1. The molecule has 0 saturated carbocycles. The molecule has 5 heteroatoms. The summed E-state index contributed by atoms with van der Waals surface area (Å²) in [6.07, 6.45) is 0.264. The summed E-state index contributed by atoms with van der Waals surface area (Å²) in [5.41, 5.74) is 8.12. The van der Waals surface area contributed by atoms with Crippen molar-refractivity contribution in [2.75, 3.05) is 5.32 Å². The Bertz CT molecular complexity index is 614. The molecule has 0 atom stereocenters. The number of amides is 1. The molecule has 0 fully saturated rings. The molecule has 0 unspecified atom stereocenters. The zero-order valence-electron chi connectivity index (χ0n) is 10.7. The maximum absolute atomic E-state index is 10.8. The van der Waals surface area contributed by atoms with Gasteiger partial charge >= 0.3 is 0 Å². The van der Waals surface area contributed by atoms with Crippen molar-refractivity contribution in [2.24, 2.45) is 5.73 Å². The van der Waals surface area contributed by atoms with Crippen molar-refractivity contribution in [3.05, 3.63) is 63.1 Å². The van der Waals surface area contributed by atoms with Gasteiger partial charge in [0.2, 0.25) is 5.91 Å². The van der Waals surface area contributed by atoms with Gasteiger partial charge in [-0.1, -0.05) is 39.7 Å². The van der Waals surface area contributed by atoms with Gasteiger partial charge in [-0.05, 0) is 41.5 Å². The number of carbonyl (C=O) groups excluding carboxylic acids is 1. The number of nitrogens with one attached hydrogen (secondary N) is 1. The number of halogens is 2. The number of hydrogen-bond acceptors (Lipinski definition) is 2. The lowest BCUT2D eigenvalue weighted by Gasteiger charge is -2.09. The highest BCUT2D eigenvalue weighted by atomic mass is 79.9. The third-order valence-electron chi connectivity index (χ3n) is 2.82. The molecule has 0 aliphatic rings. The van der Waals surface area contributed by atoms with E-state index >= 15 is 0 Å². The zero-order valence-corrected chi connectivity index (χ0v) is 13.0. The molecule has 0 aromatic heterocycles. The van der Waals surface area contributed by atoms with Crippen molar-refractivity contribution in [1.29, 1.82) is 0 Å². The first-order valence-corrected chi connectivity index (χ1v) is 7.27. The zero-order chi connectivity index (χ0) is 14.5. The third-order valence-corrected chi connectivity index (χ3v) is 3.83. The topological polar surface area (TPSA) is 55.1 Å². The number of anilines is 1. The molecule has 2 aromatic carbocycles. The fourth-order valence-electron chi connectivity index (χ4n) is 1.82. The van der Waals surface area contributed by atoms with Gasteiger partial charge < -0.3 is 11.1 Å². The van der Waals surface area contributed by atoms with Crippen LogP contribution in [0.4, 0.5) is 5.69 Å². The minimum atomic E-state index is -0.325. The quantitative estimate of drug-likeness (QED) is 0.860.